The summed E-state index contributed by atoms with van der Waals surface area (Å²) in [5.74, 6) is 1.46. The third-order valence-corrected chi connectivity index (χ3v) is 6.21. The topological polar surface area (TPSA) is 97.0 Å². The van der Waals surface area contributed by atoms with Crippen LogP contribution in [0, 0.1) is 0 Å². The first kappa shape index (κ1) is 18.7. The average molecular weight is 426 g/mol. The molecule has 1 atom stereocenters. The highest BCUT2D eigenvalue weighted by Crippen LogP contribution is 2.36. The second-order valence-corrected chi connectivity index (χ2v) is 7.97. The number of aromatic nitrogens is 7. The molecule has 5 aromatic rings. The van der Waals surface area contributed by atoms with Crippen molar-refractivity contribution in [2.24, 2.45) is 0 Å². The highest BCUT2D eigenvalue weighted by molar-refractivity contribution is 5.83. The number of aromatic amines is 1. The first-order chi connectivity index (χ1) is 15.8. The Morgan fingerprint density at radius 3 is 2.84 bits per heavy atom. The molecule has 1 aliphatic heterocycles. The second kappa shape index (κ2) is 7.30. The molecule has 32 heavy (non-hydrogen) atoms. The molecule has 6 rings (SSSR count). The summed E-state index contributed by atoms with van der Waals surface area (Å²) < 4.78 is 3.50. The Morgan fingerprint density at radius 2 is 2.00 bits per heavy atom. The predicted octanol–water partition coefficient (Wildman–Crippen LogP) is 3.06. The first-order valence-corrected chi connectivity index (χ1v) is 10.9. The van der Waals surface area contributed by atoms with Gasteiger partial charge in [0.25, 0.3) is 5.56 Å². The van der Waals surface area contributed by atoms with E-state index in [1.165, 1.54) is 0 Å². The molecule has 1 saturated heterocycles. The fraction of sp³-hybridized carbons (Fsp3) is 0.261. The van der Waals surface area contributed by atoms with Crippen LogP contribution in [0.5, 0.6) is 0 Å². The number of H-pyrrole nitrogens is 1. The molecule has 160 valence electrons. The Labute approximate surface area is 183 Å². The third-order valence-electron chi connectivity index (χ3n) is 6.21. The van der Waals surface area contributed by atoms with Gasteiger partial charge in [0.2, 0.25) is 0 Å². The van der Waals surface area contributed by atoms with E-state index in [-0.39, 0.29) is 11.6 Å². The first-order valence-electron chi connectivity index (χ1n) is 10.9. The summed E-state index contributed by atoms with van der Waals surface area (Å²) in [6.45, 7) is 2.86. The normalized spacial score (nSPS) is 16.4. The molecule has 4 aromatic heterocycles. The van der Waals surface area contributed by atoms with Gasteiger partial charge in [0.05, 0.1) is 18.1 Å². The average Bonchev–Trinajstić information content (AvgIpc) is 3.58. The SMILES string of the molecule is CCc1ccn2nc([C@@H]3CCCN3c3ncnc4[nH]cnc34)n(-c3ccccc3)c(=O)c12. The Kier molecular flexibility index (Phi) is 4.27. The van der Waals surface area contributed by atoms with Crippen molar-refractivity contribution in [2.45, 2.75) is 32.2 Å². The lowest BCUT2D eigenvalue weighted by molar-refractivity contribution is 0.601. The van der Waals surface area contributed by atoms with E-state index in [4.69, 9.17) is 5.10 Å². The third kappa shape index (κ3) is 2.74. The van der Waals surface area contributed by atoms with Crippen LogP contribution in [0.4, 0.5) is 5.82 Å². The molecule has 0 aliphatic carbocycles. The van der Waals surface area contributed by atoms with Gasteiger partial charge in [-0.2, -0.15) is 5.10 Å². The van der Waals surface area contributed by atoms with Crippen LogP contribution in [-0.2, 0) is 6.42 Å². The van der Waals surface area contributed by atoms with Gasteiger partial charge in [-0.25, -0.2) is 19.5 Å². The molecule has 1 fully saturated rings. The number of nitrogens with one attached hydrogen (secondary N) is 1. The Morgan fingerprint density at radius 1 is 1.12 bits per heavy atom. The van der Waals surface area contributed by atoms with Gasteiger partial charge in [-0.05, 0) is 43.0 Å². The zero-order valence-electron chi connectivity index (χ0n) is 17.6. The molecule has 1 N–H and O–H groups in total. The lowest BCUT2D eigenvalue weighted by Gasteiger charge is -2.27. The number of rotatable bonds is 4. The number of fused-ring (bicyclic) bond motifs is 2. The molecule has 0 amide bonds. The summed E-state index contributed by atoms with van der Waals surface area (Å²) in [5, 5.41) is 4.97. The molecule has 9 heteroatoms. The molecule has 0 radical (unpaired) electrons. The number of para-hydroxylation sites is 1. The monoisotopic (exact) mass is 426 g/mol. The zero-order valence-corrected chi connectivity index (χ0v) is 17.6. The van der Waals surface area contributed by atoms with Crippen LogP contribution < -0.4 is 10.5 Å². The van der Waals surface area contributed by atoms with Gasteiger partial charge in [0.15, 0.2) is 17.3 Å². The fourth-order valence-electron chi connectivity index (χ4n) is 4.72. The molecule has 0 saturated carbocycles. The van der Waals surface area contributed by atoms with Crippen LogP contribution in [0.3, 0.4) is 0 Å². The standard InChI is InChI=1S/C23H22N8O/c1-2-15-10-12-30-19(15)23(32)31(16-7-4-3-5-8-16)21(28-30)17-9-6-11-29(17)22-18-20(25-13-24-18)26-14-27-22/h3-5,7-8,10,12-14,17H,2,6,9,11H2,1H3,(H,24,25,26,27)/t17-/m0/s1. The quantitative estimate of drug-likeness (QED) is 0.474. The van der Waals surface area contributed by atoms with Crippen molar-refractivity contribution in [1.82, 2.24) is 34.1 Å². The molecule has 0 spiro atoms. The maximum absolute atomic E-state index is 13.8. The lowest BCUT2D eigenvalue weighted by atomic mass is 10.1. The van der Waals surface area contributed by atoms with Gasteiger partial charge in [-0.3, -0.25) is 9.36 Å². The van der Waals surface area contributed by atoms with Crippen molar-refractivity contribution in [3.63, 3.8) is 0 Å². The summed E-state index contributed by atoms with van der Waals surface area (Å²) in [4.78, 5) is 32.3. The number of hydrogen-bond acceptors (Lipinski definition) is 6. The fourth-order valence-corrected chi connectivity index (χ4v) is 4.72. The van der Waals surface area contributed by atoms with Crippen molar-refractivity contribution in [2.75, 3.05) is 11.4 Å². The summed E-state index contributed by atoms with van der Waals surface area (Å²) in [7, 11) is 0. The van der Waals surface area contributed by atoms with Crippen LogP contribution in [0.1, 0.15) is 37.2 Å². The number of imidazole rings is 1. The Hall–Kier alpha value is -4.01. The van der Waals surface area contributed by atoms with E-state index in [2.05, 4.69) is 31.8 Å². The van der Waals surface area contributed by atoms with Crippen molar-refractivity contribution in [1.29, 1.82) is 0 Å². The zero-order chi connectivity index (χ0) is 21.7. The van der Waals surface area contributed by atoms with Crippen molar-refractivity contribution < 1.29 is 0 Å². The van der Waals surface area contributed by atoms with Crippen molar-refractivity contribution in [3.05, 3.63) is 77.0 Å². The minimum atomic E-state index is -0.116. The molecule has 1 aliphatic rings. The molecule has 5 heterocycles. The van der Waals surface area contributed by atoms with Crippen LogP contribution in [-0.4, -0.2) is 40.7 Å². The van der Waals surface area contributed by atoms with E-state index in [0.29, 0.717) is 17.0 Å². The number of nitrogens with zero attached hydrogens (tertiary/aromatic N) is 7. The summed E-state index contributed by atoms with van der Waals surface area (Å²) in [6, 6.07) is 11.6. The lowest BCUT2D eigenvalue weighted by Crippen LogP contribution is -2.33. The second-order valence-electron chi connectivity index (χ2n) is 7.97. The molecular weight excluding hydrogens is 404 g/mol. The van der Waals surface area contributed by atoms with E-state index < -0.39 is 0 Å². The van der Waals surface area contributed by atoms with Crippen LogP contribution >= 0.6 is 0 Å². The van der Waals surface area contributed by atoms with Gasteiger partial charge in [0.1, 0.15) is 17.4 Å². The highest BCUT2D eigenvalue weighted by atomic mass is 16.1. The summed E-state index contributed by atoms with van der Waals surface area (Å²) >= 11 is 0. The van der Waals surface area contributed by atoms with E-state index in [9.17, 15) is 4.79 Å². The van der Waals surface area contributed by atoms with Gasteiger partial charge in [-0.1, -0.05) is 25.1 Å². The van der Waals surface area contributed by atoms with Crippen LogP contribution in [0.2, 0.25) is 0 Å². The van der Waals surface area contributed by atoms with Crippen molar-refractivity contribution >= 4 is 22.5 Å². The van der Waals surface area contributed by atoms with Crippen molar-refractivity contribution in [3.8, 4) is 5.69 Å². The molecular formula is C23H22N8O. The minimum absolute atomic E-state index is 0.0532. The minimum Gasteiger partial charge on any atom is -0.344 e. The van der Waals surface area contributed by atoms with Crippen LogP contribution in [0.25, 0.3) is 22.4 Å². The van der Waals surface area contributed by atoms with E-state index in [1.807, 2.05) is 42.6 Å². The van der Waals surface area contributed by atoms with E-state index in [0.717, 1.165) is 48.4 Å². The largest absolute Gasteiger partial charge is 0.344 e. The predicted molar refractivity (Wildman–Crippen MR) is 121 cm³/mol. The van der Waals surface area contributed by atoms with Gasteiger partial charge in [-0.15, -0.1) is 0 Å². The molecule has 0 unspecified atom stereocenters. The molecule has 9 nitrogen and oxygen atoms in total. The number of benzene rings is 1. The summed E-state index contributed by atoms with van der Waals surface area (Å²) in [6.07, 6.45) is 7.66. The van der Waals surface area contributed by atoms with Gasteiger partial charge in [0, 0.05) is 12.7 Å². The molecule has 0 bridgehead atoms. The number of hydrogen-bond donors (Lipinski definition) is 1. The number of aryl methyl sites for hydroxylation is 1. The van der Waals surface area contributed by atoms with Gasteiger partial charge < -0.3 is 9.88 Å². The number of anilines is 1. The van der Waals surface area contributed by atoms with Crippen LogP contribution in [0.15, 0.2) is 60.0 Å². The van der Waals surface area contributed by atoms with E-state index in [1.54, 1.807) is 21.7 Å². The molecule has 1 aromatic carbocycles. The Balaban J connectivity index is 1.60. The summed E-state index contributed by atoms with van der Waals surface area (Å²) in [5.41, 5.74) is 3.80. The maximum atomic E-state index is 13.8. The van der Waals surface area contributed by atoms with E-state index >= 15 is 0 Å². The maximum Gasteiger partial charge on any atom is 0.282 e. The Bertz CT molecular complexity index is 1480. The smallest absolute Gasteiger partial charge is 0.282 e. The van der Waals surface area contributed by atoms with Gasteiger partial charge >= 0.3 is 0 Å². The highest BCUT2D eigenvalue weighted by Gasteiger charge is 2.33.